The van der Waals surface area contributed by atoms with E-state index in [0.717, 1.165) is 0 Å². The SMILES string of the molecule is CC(C)(CNC(N)=O)c1cccc2ccccc12. The number of carbonyl (C=O) groups is 1. The van der Waals surface area contributed by atoms with Gasteiger partial charge in [-0.3, -0.25) is 0 Å². The van der Waals surface area contributed by atoms with Crippen LogP contribution in [0.15, 0.2) is 42.5 Å². The third kappa shape index (κ3) is 2.45. The second-order valence-electron chi connectivity index (χ2n) is 5.13. The average Bonchev–Trinajstić information content (AvgIpc) is 2.36. The highest BCUT2D eigenvalue weighted by Gasteiger charge is 2.22. The van der Waals surface area contributed by atoms with E-state index < -0.39 is 6.03 Å². The molecule has 0 heterocycles. The summed E-state index contributed by atoms with van der Waals surface area (Å²) in [4.78, 5) is 10.9. The van der Waals surface area contributed by atoms with Gasteiger partial charge in [0.05, 0.1) is 0 Å². The minimum Gasteiger partial charge on any atom is -0.352 e. The summed E-state index contributed by atoms with van der Waals surface area (Å²) in [6, 6.07) is 14.0. The van der Waals surface area contributed by atoms with Crippen LogP contribution in [-0.2, 0) is 5.41 Å². The molecule has 0 atom stereocenters. The molecule has 0 aliphatic heterocycles. The summed E-state index contributed by atoms with van der Waals surface area (Å²) in [5.74, 6) is 0. The number of nitrogens with two attached hydrogens (primary N) is 1. The van der Waals surface area contributed by atoms with E-state index in [9.17, 15) is 4.79 Å². The molecule has 0 aliphatic rings. The maximum absolute atomic E-state index is 10.9. The summed E-state index contributed by atoms with van der Waals surface area (Å²) in [5, 5.41) is 5.12. The topological polar surface area (TPSA) is 55.1 Å². The van der Waals surface area contributed by atoms with Crippen LogP contribution < -0.4 is 11.1 Å². The predicted molar refractivity (Wildman–Crippen MR) is 74.6 cm³/mol. The Kier molecular flexibility index (Phi) is 3.24. The summed E-state index contributed by atoms with van der Waals surface area (Å²) >= 11 is 0. The Bertz CT molecular complexity index is 570. The number of benzene rings is 2. The lowest BCUT2D eigenvalue weighted by Crippen LogP contribution is -2.39. The monoisotopic (exact) mass is 242 g/mol. The molecule has 0 saturated carbocycles. The van der Waals surface area contributed by atoms with Gasteiger partial charge < -0.3 is 11.1 Å². The van der Waals surface area contributed by atoms with E-state index >= 15 is 0 Å². The third-order valence-electron chi connectivity index (χ3n) is 3.22. The fourth-order valence-corrected chi connectivity index (χ4v) is 2.22. The van der Waals surface area contributed by atoms with E-state index in [1.165, 1.54) is 16.3 Å². The van der Waals surface area contributed by atoms with Crippen molar-refractivity contribution in [2.45, 2.75) is 19.3 Å². The van der Waals surface area contributed by atoms with Gasteiger partial charge in [-0.25, -0.2) is 4.79 Å². The van der Waals surface area contributed by atoms with Crippen molar-refractivity contribution in [2.75, 3.05) is 6.54 Å². The van der Waals surface area contributed by atoms with Crippen molar-refractivity contribution in [3.63, 3.8) is 0 Å². The molecule has 2 aromatic rings. The molecular formula is C15H18N2O. The van der Waals surface area contributed by atoms with E-state index in [2.05, 4.69) is 43.4 Å². The van der Waals surface area contributed by atoms with Crippen LogP contribution in [-0.4, -0.2) is 12.6 Å². The second kappa shape index (κ2) is 4.69. The molecule has 0 aliphatic carbocycles. The van der Waals surface area contributed by atoms with Gasteiger partial charge in [-0.15, -0.1) is 0 Å². The van der Waals surface area contributed by atoms with Crippen LogP contribution in [0.25, 0.3) is 10.8 Å². The Labute approximate surface area is 107 Å². The molecule has 18 heavy (non-hydrogen) atoms. The van der Waals surface area contributed by atoms with Crippen molar-refractivity contribution in [3.05, 3.63) is 48.0 Å². The second-order valence-corrected chi connectivity index (χ2v) is 5.13. The third-order valence-corrected chi connectivity index (χ3v) is 3.22. The number of rotatable bonds is 3. The minimum atomic E-state index is -0.483. The fraction of sp³-hybridized carbons (Fsp3) is 0.267. The predicted octanol–water partition coefficient (Wildman–Crippen LogP) is 2.79. The lowest BCUT2D eigenvalue weighted by Gasteiger charge is -2.26. The van der Waals surface area contributed by atoms with Crippen molar-refractivity contribution in [2.24, 2.45) is 5.73 Å². The van der Waals surface area contributed by atoms with Crippen LogP contribution in [0.3, 0.4) is 0 Å². The zero-order chi connectivity index (χ0) is 13.2. The molecule has 3 heteroatoms. The number of carbonyl (C=O) groups excluding carboxylic acids is 1. The van der Waals surface area contributed by atoms with Crippen LogP contribution in [0.4, 0.5) is 4.79 Å². The van der Waals surface area contributed by atoms with Crippen LogP contribution in [0, 0.1) is 0 Å². The molecule has 2 rings (SSSR count). The quantitative estimate of drug-likeness (QED) is 0.854. The first-order valence-corrected chi connectivity index (χ1v) is 6.02. The molecule has 0 bridgehead atoms. The highest BCUT2D eigenvalue weighted by atomic mass is 16.2. The summed E-state index contributed by atoms with van der Waals surface area (Å²) in [5.41, 5.74) is 6.20. The molecule has 0 fully saturated rings. The maximum atomic E-state index is 10.9. The van der Waals surface area contributed by atoms with Crippen molar-refractivity contribution >= 4 is 16.8 Å². The molecule has 94 valence electrons. The van der Waals surface area contributed by atoms with Crippen LogP contribution in [0.2, 0.25) is 0 Å². The Morgan fingerprint density at radius 1 is 1.17 bits per heavy atom. The molecule has 0 radical (unpaired) electrons. The lowest BCUT2D eigenvalue weighted by molar-refractivity contribution is 0.246. The van der Waals surface area contributed by atoms with Gasteiger partial charge in [-0.05, 0) is 16.3 Å². The smallest absolute Gasteiger partial charge is 0.312 e. The number of hydrogen-bond acceptors (Lipinski definition) is 1. The summed E-state index contributed by atoms with van der Waals surface area (Å²) in [6.07, 6.45) is 0. The first-order chi connectivity index (χ1) is 8.50. The molecule has 0 spiro atoms. The van der Waals surface area contributed by atoms with Gasteiger partial charge in [0, 0.05) is 12.0 Å². The zero-order valence-corrected chi connectivity index (χ0v) is 10.7. The van der Waals surface area contributed by atoms with Crippen molar-refractivity contribution < 1.29 is 4.79 Å². The molecule has 2 aromatic carbocycles. The fourth-order valence-electron chi connectivity index (χ4n) is 2.22. The van der Waals surface area contributed by atoms with Crippen molar-refractivity contribution in [1.29, 1.82) is 0 Å². The van der Waals surface area contributed by atoms with Gasteiger partial charge in [0.25, 0.3) is 0 Å². The first kappa shape index (κ1) is 12.4. The van der Waals surface area contributed by atoms with E-state index in [1.54, 1.807) is 0 Å². The largest absolute Gasteiger partial charge is 0.352 e. The van der Waals surface area contributed by atoms with Gasteiger partial charge in [0.2, 0.25) is 0 Å². The van der Waals surface area contributed by atoms with E-state index in [1.807, 2.05) is 18.2 Å². The summed E-state index contributed by atoms with van der Waals surface area (Å²) < 4.78 is 0. The van der Waals surface area contributed by atoms with Crippen LogP contribution in [0.1, 0.15) is 19.4 Å². The van der Waals surface area contributed by atoms with Gasteiger partial charge in [-0.2, -0.15) is 0 Å². The molecule has 2 amide bonds. The van der Waals surface area contributed by atoms with Gasteiger partial charge >= 0.3 is 6.03 Å². The molecular weight excluding hydrogens is 224 g/mol. The molecule has 0 aromatic heterocycles. The number of amides is 2. The highest BCUT2D eigenvalue weighted by molar-refractivity contribution is 5.86. The first-order valence-electron chi connectivity index (χ1n) is 6.02. The standard InChI is InChI=1S/C15H18N2O/c1-15(2,10-17-14(16)18)13-9-5-7-11-6-3-4-8-12(11)13/h3-9H,10H2,1-2H3,(H3,16,17,18). The van der Waals surface area contributed by atoms with E-state index in [0.29, 0.717) is 6.54 Å². The number of fused-ring (bicyclic) bond motifs is 1. The van der Waals surface area contributed by atoms with E-state index in [-0.39, 0.29) is 5.41 Å². The Morgan fingerprint density at radius 2 is 1.83 bits per heavy atom. The Hall–Kier alpha value is -2.03. The van der Waals surface area contributed by atoms with Crippen molar-refractivity contribution in [3.8, 4) is 0 Å². The zero-order valence-electron chi connectivity index (χ0n) is 10.7. The van der Waals surface area contributed by atoms with Gasteiger partial charge in [0.15, 0.2) is 0 Å². The number of urea groups is 1. The van der Waals surface area contributed by atoms with Crippen LogP contribution >= 0.6 is 0 Å². The summed E-state index contributed by atoms with van der Waals surface area (Å²) in [7, 11) is 0. The Morgan fingerprint density at radius 3 is 2.56 bits per heavy atom. The number of primary amides is 1. The molecule has 3 N–H and O–H groups in total. The lowest BCUT2D eigenvalue weighted by atomic mass is 9.81. The summed E-state index contributed by atoms with van der Waals surface area (Å²) in [6.45, 7) is 4.73. The van der Waals surface area contributed by atoms with Crippen LogP contribution in [0.5, 0.6) is 0 Å². The Balaban J connectivity index is 2.43. The normalized spacial score (nSPS) is 11.4. The number of nitrogens with one attached hydrogen (secondary N) is 1. The molecule has 0 saturated heterocycles. The minimum absolute atomic E-state index is 0.157. The number of hydrogen-bond donors (Lipinski definition) is 2. The molecule has 3 nitrogen and oxygen atoms in total. The van der Waals surface area contributed by atoms with E-state index in [4.69, 9.17) is 5.73 Å². The maximum Gasteiger partial charge on any atom is 0.312 e. The highest BCUT2D eigenvalue weighted by Crippen LogP contribution is 2.29. The van der Waals surface area contributed by atoms with Gasteiger partial charge in [0.1, 0.15) is 0 Å². The van der Waals surface area contributed by atoms with Gasteiger partial charge in [-0.1, -0.05) is 56.3 Å². The molecule has 0 unspecified atom stereocenters. The average molecular weight is 242 g/mol. The van der Waals surface area contributed by atoms with Crippen molar-refractivity contribution in [1.82, 2.24) is 5.32 Å².